The minimum atomic E-state index is 0.833. The predicted octanol–water partition coefficient (Wildman–Crippen LogP) is 2.08. The zero-order chi connectivity index (χ0) is 7.98. The molecule has 0 rings (SSSR count). The van der Waals surface area contributed by atoms with E-state index in [-0.39, 0.29) is 0 Å². The molecule has 0 aliphatic carbocycles. The van der Waals surface area contributed by atoms with Crippen molar-refractivity contribution in [3.63, 3.8) is 0 Å². The molecule has 1 nitrogen and oxygen atoms in total. The lowest BCUT2D eigenvalue weighted by molar-refractivity contribution is 0.437. The van der Waals surface area contributed by atoms with Crippen molar-refractivity contribution >= 4 is 11.8 Å². The van der Waals surface area contributed by atoms with E-state index in [1.165, 1.54) is 18.7 Å². The minimum absolute atomic E-state index is 0.833. The fraction of sp³-hybridized carbons (Fsp3) is 1.00. The first-order valence-electron chi connectivity index (χ1n) is 3.93. The molecule has 0 heterocycles. The highest BCUT2D eigenvalue weighted by Crippen LogP contribution is 2.12. The molecule has 0 aromatic rings. The third-order valence-corrected chi connectivity index (χ3v) is 2.84. The van der Waals surface area contributed by atoms with Crippen LogP contribution in [-0.2, 0) is 0 Å². The van der Waals surface area contributed by atoms with E-state index in [1.807, 2.05) is 0 Å². The summed E-state index contributed by atoms with van der Waals surface area (Å²) in [6.07, 6.45) is 1.29. The van der Waals surface area contributed by atoms with Gasteiger partial charge in [-0.2, -0.15) is 11.8 Å². The lowest BCUT2D eigenvalue weighted by atomic mass is 10.4. The van der Waals surface area contributed by atoms with Gasteiger partial charge < -0.3 is 4.90 Å². The normalized spacial score (nSPS) is 14.1. The van der Waals surface area contributed by atoms with Gasteiger partial charge in [0.05, 0.1) is 0 Å². The Hall–Kier alpha value is 0.310. The van der Waals surface area contributed by atoms with Gasteiger partial charge in [-0.25, -0.2) is 0 Å². The minimum Gasteiger partial charge on any atom is -0.309 e. The second-order valence-electron chi connectivity index (χ2n) is 2.89. The van der Waals surface area contributed by atoms with Gasteiger partial charge in [0, 0.05) is 17.5 Å². The Labute approximate surface area is 69.2 Å². The maximum Gasteiger partial charge on any atom is 0.00663 e. The molecule has 0 bridgehead atoms. The Kier molecular flexibility index (Phi) is 6.24. The van der Waals surface area contributed by atoms with E-state index in [1.54, 1.807) is 0 Å². The van der Waals surface area contributed by atoms with Crippen molar-refractivity contribution in [1.82, 2.24) is 4.90 Å². The Morgan fingerprint density at radius 3 is 2.40 bits per heavy atom. The Morgan fingerprint density at radius 1 is 1.40 bits per heavy atom. The van der Waals surface area contributed by atoms with Crippen molar-refractivity contribution < 1.29 is 0 Å². The van der Waals surface area contributed by atoms with E-state index < -0.39 is 0 Å². The summed E-state index contributed by atoms with van der Waals surface area (Å²) < 4.78 is 0. The molecule has 10 heavy (non-hydrogen) atoms. The van der Waals surface area contributed by atoms with Crippen LogP contribution in [0, 0.1) is 0 Å². The van der Waals surface area contributed by atoms with Crippen molar-refractivity contribution in [3.05, 3.63) is 0 Å². The van der Waals surface area contributed by atoms with Gasteiger partial charge in [0.1, 0.15) is 0 Å². The molecule has 0 N–H and O–H groups in total. The average Bonchev–Trinajstić information content (AvgIpc) is 1.87. The molecule has 0 radical (unpaired) electrons. The molecule has 0 amide bonds. The van der Waals surface area contributed by atoms with Crippen LogP contribution in [0.5, 0.6) is 0 Å². The Balaban J connectivity index is 3.03. The summed E-state index contributed by atoms with van der Waals surface area (Å²) in [7, 11) is 4.24. The van der Waals surface area contributed by atoms with Crippen LogP contribution in [0.2, 0.25) is 0 Å². The molecule has 0 aliphatic rings. The highest BCUT2D eigenvalue weighted by molar-refractivity contribution is 7.99. The van der Waals surface area contributed by atoms with E-state index in [2.05, 4.69) is 44.6 Å². The van der Waals surface area contributed by atoms with Crippen LogP contribution in [0.1, 0.15) is 20.3 Å². The predicted molar refractivity (Wildman–Crippen MR) is 50.8 cm³/mol. The maximum absolute atomic E-state index is 2.29. The highest BCUT2D eigenvalue weighted by Gasteiger charge is 1.97. The van der Waals surface area contributed by atoms with Gasteiger partial charge >= 0.3 is 0 Å². The number of hydrogen-bond acceptors (Lipinski definition) is 2. The van der Waals surface area contributed by atoms with Gasteiger partial charge in [-0.1, -0.05) is 13.8 Å². The quantitative estimate of drug-likeness (QED) is 0.607. The molecule has 0 saturated heterocycles. The van der Waals surface area contributed by atoms with Crippen molar-refractivity contribution in [2.45, 2.75) is 25.5 Å². The summed E-state index contributed by atoms with van der Waals surface area (Å²) in [4.78, 5) is 2.23. The van der Waals surface area contributed by atoms with Gasteiger partial charge in [-0.05, 0) is 20.5 Å². The molecule has 0 aromatic carbocycles. The van der Waals surface area contributed by atoms with Gasteiger partial charge in [0.2, 0.25) is 0 Å². The van der Waals surface area contributed by atoms with Crippen LogP contribution in [0.3, 0.4) is 0 Å². The van der Waals surface area contributed by atoms with Gasteiger partial charge in [-0.15, -0.1) is 0 Å². The molecule has 0 spiro atoms. The van der Waals surface area contributed by atoms with Gasteiger partial charge in [0.25, 0.3) is 0 Å². The summed E-state index contributed by atoms with van der Waals surface area (Å²) in [5, 5.41) is 0.833. The van der Waals surface area contributed by atoms with E-state index in [9.17, 15) is 0 Å². The average molecular weight is 161 g/mol. The van der Waals surface area contributed by atoms with Crippen molar-refractivity contribution in [3.8, 4) is 0 Å². The molecule has 0 saturated carbocycles. The monoisotopic (exact) mass is 161 g/mol. The first-order valence-corrected chi connectivity index (χ1v) is 4.98. The van der Waals surface area contributed by atoms with Crippen LogP contribution in [0.25, 0.3) is 0 Å². The highest BCUT2D eigenvalue weighted by atomic mass is 32.2. The molecule has 0 aromatic heterocycles. The number of nitrogens with zero attached hydrogens (tertiary/aromatic N) is 1. The maximum atomic E-state index is 2.29. The molecule has 1 unspecified atom stereocenters. The molecular weight excluding hydrogens is 142 g/mol. The SMILES string of the molecule is CCC(C)SCCN(C)C. The lowest BCUT2D eigenvalue weighted by Gasteiger charge is -2.11. The number of thioether (sulfide) groups is 1. The molecule has 0 aliphatic heterocycles. The third kappa shape index (κ3) is 6.43. The fourth-order valence-electron chi connectivity index (χ4n) is 0.554. The standard InChI is InChI=1S/C8H19NS/c1-5-8(2)10-7-6-9(3)4/h8H,5-7H2,1-4H3. The van der Waals surface area contributed by atoms with Crippen molar-refractivity contribution in [1.29, 1.82) is 0 Å². The smallest absolute Gasteiger partial charge is 0.00663 e. The summed E-state index contributed by atoms with van der Waals surface area (Å²) >= 11 is 2.06. The third-order valence-electron chi connectivity index (χ3n) is 1.52. The zero-order valence-electron chi connectivity index (χ0n) is 7.55. The van der Waals surface area contributed by atoms with Crippen LogP contribution in [0.15, 0.2) is 0 Å². The van der Waals surface area contributed by atoms with E-state index >= 15 is 0 Å². The van der Waals surface area contributed by atoms with Crippen molar-refractivity contribution in [2.24, 2.45) is 0 Å². The van der Waals surface area contributed by atoms with E-state index in [4.69, 9.17) is 0 Å². The van der Waals surface area contributed by atoms with Crippen LogP contribution >= 0.6 is 11.8 Å². The van der Waals surface area contributed by atoms with Crippen LogP contribution in [0.4, 0.5) is 0 Å². The lowest BCUT2D eigenvalue weighted by Crippen LogP contribution is -2.15. The van der Waals surface area contributed by atoms with Crippen LogP contribution < -0.4 is 0 Å². The molecule has 1 atom stereocenters. The van der Waals surface area contributed by atoms with E-state index in [0.29, 0.717) is 0 Å². The van der Waals surface area contributed by atoms with Crippen molar-refractivity contribution in [2.75, 3.05) is 26.4 Å². The Bertz CT molecular complexity index is 73.7. The second-order valence-corrected chi connectivity index (χ2v) is 4.44. The number of hydrogen-bond donors (Lipinski definition) is 0. The molecule has 0 fully saturated rings. The van der Waals surface area contributed by atoms with Crippen LogP contribution in [-0.4, -0.2) is 36.5 Å². The number of rotatable bonds is 5. The van der Waals surface area contributed by atoms with E-state index in [0.717, 1.165) is 5.25 Å². The zero-order valence-corrected chi connectivity index (χ0v) is 8.37. The topological polar surface area (TPSA) is 3.24 Å². The molecular formula is C8H19NS. The molecule has 2 heteroatoms. The fourth-order valence-corrected chi connectivity index (χ4v) is 1.66. The summed E-state index contributed by atoms with van der Waals surface area (Å²) in [6.45, 7) is 5.74. The van der Waals surface area contributed by atoms with Gasteiger partial charge in [0.15, 0.2) is 0 Å². The summed E-state index contributed by atoms with van der Waals surface area (Å²) in [5.74, 6) is 1.27. The molecule has 62 valence electrons. The first kappa shape index (κ1) is 10.3. The summed E-state index contributed by atoms with van der Waals surface area (Å²) in [5.41, 5.74) is 0. The second kappa shape index (κ2) is 6.05. The Morgan fingerprint density at radius 2 is 2.00 bits per heavy atom. The summed E-state index contributed by atoms with van der Waals surface area (Å²) in [6, 6.07) is 0. The van der Waals surface area contributed by atoms with Gasteiger partial charge in [-0.3, -0.25) is 0 Å². The first-order chi connectivity index (χ1) is 4.66. The largest absolute Gasteiger partial charge is 0.309 e.